The molecule has 0 aliphatic heterocycles. The molecule has 0 fully saturated rings. The third-order valence-corrected chi connectivity index (χ3v) is 4.25. The largest absolute Gasteiger partial charge is 0.369 e. The maximum atomic E-state index is 12.5. The van der Waals surface area contributed by atoms with Crippen molar-refractivity contribution in [1.82, 2.24) is 5.32 Å². The van der Waals surface area contributed by atoms with Crippen molar-refractivity contribution in [3.05, 3.63) is 54.1 Å². The number of nitrogens with zero attached hydrogens (tertiary/aromatic N) is 1. The molecule has 0 radical (unpaired) electrons. The van der Waals surface area contributed by atoms with Crippen LogP contribution in [-0.4, -0.2) is 30.6 Å². The summed E-state index contributed by atoms with van der Waals surface area (Å²) >= 11 is 0. The van der Waals surface area contributed by atoms with E-state index in [9.17, 15) is 9.59 Å². The Bertz CT molecular complexity index is 783. The number of carbonyl (C=O) groups is 2. The lowest BCUT2D eigenvalue weighted by molar-refractivity contribution is 0.102. The van der Waals surface area contributed by atoms with E-state index in [1.807, 2.05) is 38.1 Å². The Hall–Kier alpha value is -3.02. The Morgan fingerprint density at radius 2 is 1.39 bits per heavy atom. The number of carbonyl (C=O) groups excluding carboxylic acids is 2. The van der Waals surface area contributed by atoms with Crippen molar-refractivity contribution in [3.63, 3.8) is 0 Å². The fraction of sp³-hybridized carbons (Fsp3) is 0.364. The molecule has 0 spiro atoms. The van der Waals surface area contributed by atoms with Crippen LogP contribution in [0.1, 0.15) is 45.0 Å². The predicted octanol–water partition coefficient (Wildman–Crippen LogP) is 4.70. The zero-order valence-corrected chi connectivity index (χ0v) is 17.2. The second kappa shape index (κ2) is 9.78. The van der Waals surface area contributed by atoms with E-state index in [-0.39, 0.29) is 18.0 Å². The lowest BCUT2D eigenvalue weighted by atomic mass is 10.1. The van der Waals surface area contributed by atoms with E-state index in [4.69, 9.17) is 0 Å². The Kier molecular flexibility index (Phi) is 7.44. The van der Waals surface area contributed by atoms with Crippen molar-refractivity contribution in [3.8, 4) is 0 Å². The number of urea groups is 1. The van der Waals surface area contributed by atoms with Crippen molar-refractivity contribution in [2.45, 2.75) is 46.7 Å². The van der Waals surface area contributed by atoms with Gasteiger partial charge in [-0.3, -0.25) is 4.79 Å². The number of amides is 3. The first-order valence-electron chi connectivity index (χ1n) is 9.65. The molecule has 0 atom stereocenters. The van der Waals surface area contributed by atoms with Gasteiger partial charge >= 0.3 is 6.03 Å². The van der Waals surface area contributed by atoms with Gasteiger partial charge in [0.05, 0.1) is 0 Å². The first-order chi connectivity index (χ1) is 13.3. The van der Waals surface area contributed by atoms with Gasteiger partial charge in [0.25, 0.3) is 5.91 Å². The van der Waals surface area contributed by atoms with Crippen LogP contribution < -0.4 is 20.9 Å². The van der Waals surface area contributed by atoms with Gasteiger partial charge in [0.1, 0.15) is 0 Å². The van der Waals surface area contributed by atoms with Crippen LogP contribution in [0.3, 0.4) is 0 Å². The molecule has 3 amide bonds. The normalized spacial score (nSPS) is 10.7. The lowest BCUT2D eigenvalue weighted by Crippen LogP contribution is -2.34. The second-order valence-electron chi connectivity index (χ2n) is 7.21. The van der Waals surface area contributed by atoms with E-state index in [1.54, 1.807) is 24.3 Å². The van der Waals surface area contributed by atoms with E-state index in [0.29, 0.717) is 17.3 Å². The average Bonchev–Trinajstić information content (AvgIpc) is 2.63. The molecular formula is C22H30N4O2. The summed E-state index contributed by atoms with van der Waals surface area (Å²) in [6.07, 6.45) is 0. The number of benzene rings is 2. The Balaban J connectivity index is 1.98. The van der Waals surface area contributed by atoms with Gasteiger partial charge < -0.3 is 20.9 Å². The number of hydrogen-bond donors (Lipinski definition) is 3. The van der Waals surface area contributed by atoms with Crippen LogP contribution in [0.4, 0.5) is 21.9 Å². The van der Waals surface area contributed by atoms with Crippen LogP contribution in [0.25, 0.3) is 0 Å². The van der Waals surface area contributed by atoms with E-state index in [0.717, 1.165) is 17.9 Å². The molecule has 0 unspecified atom stereocenters. The molecule has 2 rings (SSSR count). The summed E-state index contributed by atoms with van der Waals surface area (Å²) in [7, 11) is 0. The fourth-order valence-electron chi connectivity index (χ4n) is 2.92. The zero-order chi connectivity index (χ0) is 20.7. The molecule has 0 saturated carbocycles. The topological polar surface area (TPSA) is 73.5 Å². The van der Waals surface area contributed by atoms with Crippen LogP contribution in [0.15, 0.2) is 48.5 Å². The predicted molar refractivity (Wildman–Crippen MR) is 116 cm³/mol. The summed E-state index contributed by atoms with van der Waals surface area (Å²) in [4.78, 5) is 26.5. The summed E-state index contributed by atoms with van der Waals surface area (Å²) in [5, 5.41) is 8.39. The minimum absolute atomic E-state index is 0.0568. The van der Waals surface area contributed by atoms with Crippen LogP contribution in [-0.2, 0) is 0 Å². The SMILES string of the molecule is CCN(c1ccc(NC(=O)c2ccc(NC(=O)NC(C)C)cc2)cc1)C(C)C. The van der Waals surface area contributed by atoms with Crippen LogP contribution in [0, 0.1) is 0 Å². The first kappa shape index (κ1) is 21.3. The molecule has 2 aromatic rings. The van der Waals surface area contributed by atoms with Crippen LogP contribution in [0.5, 0.6) is 0 Å². The number of anilines is 3. The quantitative estimate of drug-likeness (QED) is 0.650. The van der Waals surface area contributed by atoms with Gasteiger partial charge in [-0.2, -0.15) is 0 Å². The van der Waals surface area contributed by atoms with E-state index in [1.165, 1.54) is 0 Å². The maximum Gasteiger partial charge on any atom is 0.319 e. The third-order valence-electron chi connectivity index (χ3n) is 4.25. The van der Waals surface area contributed by atoms with Crippen molar-refractivity contribution in [2.75, 3.05) is 22.1 Å². The van der Waals surface area contributed by atoms with Crippen LogP contribution >= 0.6 is 0 Å². The fourth-order valence-corrected chi connectivity index (χ4v) is 2.92. The highest BCUT2D eigenvalue weighted by molar-refractivity contribution is 6.04. The molecule has 28 heavy (non-hydrogen) atoms. The molecular weight excluding hydrogens is 352 g/mol. The smallest absolute Gasteiger partial charge is 0.319 e. The zero-order valence-electron chi connectivity index (χ0n) is 17.2. The summed E-state index contributed by atoms with van der Waals surface area (Å²) < 4.78 is 0. The maximum absolute atomic E-state index is 12.5. The van der Waals surface area contributed by atoms with Gasteiger partial charge in [-0.05, 0) is 83.1 Å². The highest BCUT2D eigenvalue weighted by atomic mass is 16.2. The van der Waals surface area contributed by atoms with Gasteiger partial charge in [0.15, 0.2) is 0 Å². The molecule has 6 nitrogen and oxygen atoms in total. The van der Waals surface area contributed by atoms with Crippen molar-refractivity contribution in [2.24, 2.45) is 0 Å². The molecule has 2 aromatic carbocycles. The second-order valence-corrected chi connectivity index (χ2v) is 7.21. The summed E-state index contributed by atoms with van der Waals surface area (Å²) in [6.45, 7) is 11.2. The van der Waals surface area contributed by atoms with Gasteiger partial charge in [0.2, 0.25) is 0 Å². The van der Waals surface area contributed by atoms with Gasteiger partial charge in [0, 0.05) is 41.3 Å². The van der Waals surface area contributed by atoms with Gasteiger partial charge in [-0.1, -0.05) is 0 Å². The van der Waals surface area contributed by atoms with E-state index in [2.05, 4.69) is 41.6 Å². The summed E-state index contributed by atoms with van der Waals surface area (Å²) in [5.41, 5.74) is 3.03. The lowest BCUT2D eigenvalue weighted by Gasteiger charge is -2.27. The van der Waals surface area contributed by atoms with Gasteiger partial charge in [-0.25, -0.2) is 4.79 Å². The third kappa shape index (κ3) is 6.01. The minimum Gasteiger partial charge on any atom is -0.369 e. The molecule has 0 aliphatic carbocycles. The van der Waals surface area contributed by atoms with Crippen LogP contribution in [0.2, 0.25) is 0 Å². The number of hydrogen-bond acceptors (Lipinski definition) is 3. The van der Waals surface area contributed by atoms with Crippen molar-refractivity contribution < 1.29 is 9.59 Å². The van der Waals surface area contributed by atoms with Gasteiger partial charge in [-0.15, -0.1) is 0 Å². The Morgan fingerprint density at radius 3 is 1.89 bits per heavy atom. The van der Waals surface area contributed by atoms with Crippen molar-refractivity contribution >= 4 is 29.0 Å². The highest BCUT2D eigenvalue weighted by Gasteiger charge is 2.10. The highest BCUT2D eigenvalue weighted by Crippen LogP contribution is 2.20. The van der Waals surface area contributed by atoms with Crippen molar-refractivity contribution in [1.29, 1.82) is 0 Å². The van der Waals surface area contributed by atoms with E-state index < -0.39 is 0 Å². The number of rotatable bonds is 7. The Morgan fingerprint density at radius 1 is 0.857 bits per heavy atom. The molecule has 6 heteroatoms. The number of nitrogens with one attached hydrogen (secondary N) is 3. The standard InChI is InChI=1S/C22H30N4O2/c1-6-26(16(4)5)20-13-11-18(12-14-20)24-21(27)17-7-9-19(10-8-17)25-22(28)23-15(2)3/h7-16H,6H2,1-5H3,(H,24,27)(H2,23,25,28). The molecule has 150 valence electrons. The molecule has 0 heterocycles. The first-order valence-corrected chi connectivity index (χ1v) is 9.65. The molecule has 0 aliphatic rings. The Labute approximate surface area is 167 Å². The summed E-state index contributed by atoms with van der Waals surface area (Å²) in [6, 6.07) is 14.8. The molecule has 0 saturated heterocycles. The monoisotopic (exact) mass is 382 g/mol. The molecule has 3 N–H and O–H groups in total. The summed E-state index contributed by atoms with van der Waals surface area (Å²) in [5.74, 6) is -0.192. The molecule has 0 aromatic heterocycles. The minimum atomic E-state index is -0.269. The average molecular weight is 383 g/mol. The molecule has 0 bridgehead atoms. The van der Waals surface area contributed by atoms with E-state index >= 15 is 0 Å².